The Kier molecular flexibility index (Phi) is 6.26. The summed E-state index contributed by atoms with van der Waals surface area (Å²) in [7, 11) is 0. The number of piperidine rings is 1. The Bertz CT molecular complexity index is 383. The Morgan fingerprint density at radius 1 is 1.45 bits per heavy atom. The molecule has 0 spiro atoms. The molecule has 0 aliphatic carbocycles. The van der Waals surface area contributed by atoms with E-state index in [9.17, 15) is 5.11 Å². The van der Waals surface area contributed by atoms with Gasteiger partial charge in [-0.2, -0.15) is 4.98 Å². The maximum atomic E-state index is 9.36. The zero-order valence-corrected chi connectivity index (χ0v) is 12.3. The molecule has 2 N–H and O–H groups in total. The molecule has 1 aliphatic heterocycles. The fraction of sp³-hybridized carbons (Fsp3) is 0.857. The zero-order valence-electron chi connectivity index (χ0n) is 12.3. The van der Waals surface area contributed by atoms with Crippen molar-refractivity contribution < 1.29 is 9.63 Å². The van der Waals surface area contributed by atoms with Crippen molar-refractivity contribution in [1.29, 1.82) is 0 Å². The first-order valence-corrected chi connectivity index (χ1v) is 7.75. The van der Waals surface area contributed by atoms with Crippen molar-refractivity contribution in [2.75, 3.05) is 31.6 Å². The molecular formula is C14H26N4O2. The standard InChI is InChI=1S/C14H26N4O2/c1-2-6-13-16-14(17-20-13)15-8-5-10-18-9-4-3-7-12(18)11-19/h12,19H,2-11H2,1H3,(H,15,17)/t12-/m0/s1. The molecule has 1 aliphatic rings. The van der Waals surface area contributed by atoms with Crippen LogP contribution in [0.15, 0.2) is 4.52 Å². The molecule has 1 aromatic heterocycles. The van der Waals surface area contributed by atoms with Crippen LogP contribution in [0.3, 0.4) is 0 Å². The molecule has 0 amide bonds. The van der Waals surface area contributed by atoms with Crippen LogP contribution in [0.2, 0.25) is 0 Å². The van der Waals surface area contributed by atoms with Gasteiger partial charge in [0.05, 0.1) is 6.61 Å². The normalized spacial score (nSPS) is 20.2. The van der Waals surface area contributed by atoms with Crippen molar-refractivity contribution in [1.82, 2.24) is 15.0 Å². The van der Waals surface area contributed by atoms with Crippen molar-refractivity contribution in [3.05, 3.63) is 5.89 Å². The molecular weight excluding hydrogens is 256 g/mol. The summed E-state index contributed by atoms with van der Waals surface area (Å²) in [5, 5.41) is 16.4. The van der Waals surface area contributed by atoms with Gasteiger partial charge in [-0.05, 0) is 37.4 Å². The molecule has 1 aromatic rings. The first-order chi connectivity index (χ1) is 9.83. The lowest BCUT2D eigenvalue weighted by molar-refractivity contribution is 0.0901. The number of hydrogen-bond donors (Lipinski definition) is 2. The molecule has 1 saturated heterocycles. The Morgan fingerprint density at radius 3 is 3.15 bits per heavy atom. The lowest BCUT2D eigenvalue weighted by Gasteiger charge is -2.34. The first kappa shape index (κ1) is 15.3. The predicted molar refractivity (Wildman–Crippen MR) is 77.7 cm³/mol. The van der Waals surface area contributed by atoms with Gasteiger partial charge in [-0.15, -0.1) is 0 Å². The Hall–Kier alpha value is -1.14. The lowest BCUT2D eigenvalue weighted by atomic mass is 10.0. The van der Waals surface area contributed by atoms with Gasteiger partial charge in [0, 0.05) is 25.6 Å². The lowest BCUT2D eigenvalue weighted by Crippen LogP contribution is -2.42. The van der Waals surface area contributed by atoms with Gasteiger partial charge in [0.25, 0.3) is 5.95 Å². The van der Waals surface area contributed by atoms with Crippen LogP contribution in [0.25, 0.3) is 0 Å². The van der Waals surface area contributed by atoms with Crippen LogP contribution in [0.1, 0.15) is 44.9 Å². The van der Waals surface area contributed by atoms with Crippen molar-refractivity contribution in [3.8, 4) is 0 Å². The van der Waals surface area contributed by atoms with Gasteiger partial charge in [-0.1, -0.05) is 13.3 Å². The first-order valence-electron chi connectivity index (χ1n) is 7.75. The highest BCUT2D eigenvalue weighted by Crippen LogP contribution is 2.16. The number of nitrogens with zero attached hydrogens (tertiary/aromatic N) is 3. The van der Waals surface area contributed by atoms with E-state index < -0.39 is 0 Å². The van der Waals surface area contributed by atoms with Crippen molar-refractivity contribution in [2.24, 2.45) is 0 Å². The second-order valence-electron chi connectivity index (χ2n) is 5.41. The van der Waals surface area contributed by atoms with Crippen molar-refractivity contribution in [3.63, 3.8) is 0 Å². The van der Waals surface area contributed by atoms with E-state index >= 15 is 0 Å². The van der Waals surface area contributed by atoms with Gasteiger partial charge in [-0.25, -0.2) is 0 Å². The summed E-state index contributed by atoms with van der Waals surface area (Å²) in [6.45, 7) is 5.32. The highest BCUT2D eigenvalue weighted by atomic mass is 16.5. The molecule has 0 saturated carbocycles. The van der Waals surface area contributed by atoms with E-state index in [2.05, 4.69) is 27.3 Å². The molecule has 0 aromatic carbocycles. The molecule has 1 atom stereocenters. The van der Waals surface area contributed by atoms with Crippen molar-refractivity contribution >= 4 is 5.95 Å². The predicted octanol–water partition coefficient (Wildman–Crippen LogP) is 1.67. The van der Waals surface area contributed by atoms with Crippen LogP contribution in [0.5, 0.6) is 0 Å². The molecule has 114 valence electrons. The third-order valence-electron chi connectivity index (χ3n) is 3.80. The second-order valence-corrected chi connectivity index (χ2v) is 5.41. The molecule has 2 rings (SSSR count). The molecule has 0 radical (unpaired) electrons. The number of aryl methyl sites for hydroxylation is 1. The summed E-state index contributed by atoms with van der Waals surface area (Å²) in [4.78, 5) is 6.67. The van der Waals surface area contributed by atoms with E-state index in [0.717, 1.165) is 45.3 Å². The molecule has 20 heavy (non-hydrogen) atoms. The Balaban J connectivity index is 1.65. The summed E-state index contributed by atoms with van der Waals surface area (Å²) >= 11 is 0. The van der Waals surface area contributed by atoms with E-state index in [1.54, 1.807) is 0 Å². The van der Waals surface area contributed by atoms with Crippen LogP contribution in [-0.4, -0.2) is 52.4 Å². The maximum Gasteiger partial charge on any atom is 0.263 e. The molecule has 0 bridgehead atoms. The second kappa shape index (κ2) is 8.21. The topological polar surface area (TPSA) is 74.4 Å². The summed E-state index contributed by atoms with van der Waals surface area (Å²) in [5.74, 6) is 1.29. The van der Waals surface area contributed by atoms with E-state index in [0.29, 0.717) is 17.9 Å². The van der Waals surface area contributed by atoms with Crippen LogP contribution < -0.4 is 5.32 Å². The van der Waals surface area contributed by atoms with Crippen LogP contribution >= 0.6 is 0 Å². The zero-order chi connectivity index (χ0) is 14.2. The number of hydrogen-bond acceptors (Lipinski definition) is 6. The largest absolute Gasteiger partial charge is 0.395 e. The van der Waals surface area contributed by atoms with Gasteiger partial charge in [0.2, 0.25) is 5.89 Å². The highest BCUT2D eigenvalue weighted by Gasteiger charge is 2.20. The number of aromatic nitrogens is 2. The third kappa shape index (κ3) is 4.45. The van der Waals surface area contributed by atoms with Gasteiger partial charge in [0.15, 0.2) is 0 Å². The van der Waals surface area contributed by atoms with Gasteiger partial charge >= 0.3 is 0 Å². The smallest absolute Gasteiger partial charge is 0.263 e. The van der Waals surface area contributed by atoms with E-state index in [4.69, 9.17) is 4.52 Å². The molecule has 2 heterocycles. The van der Waals surface area contributed by atoms with E-state index in [1.807, 2.05) is 0 Å². The minimum Gasteiger partial charge on any atom is -0.395 e. The number of aliphatic hydroxyl groups excluding tert-OH is 1. The fourth-order valence-electron chi connectivity index (χ4n) is 2.69. The third-order valence-corrected chi connectivity index (χ3v) is 3.80. The average Bonchev–Trinajstić information content (AvgIpc) is 2.92. The average molecular weight is 282 g/mol. The Morgan fingerprint density at radius 2 is 2.35 bits per heavy atom. The minimum atomic E-state index is 0.276. The number of rotatable bonds is 8. The van der Waals surface area contributed by atoms with Crippen molar-refractivity contribution in [2.45, 2.75) is 51.5 Å². The maximum absolute atomic E-state index is 9.36. The molecule has 0 unspecified atom stereocenters. The summed E-state index contributed by atoms with van der Waals surface area (Å²) < 4.78 is 5.12. The number of likely N-dealkylation sites (tertiary alicyclic amines) is 1. The number of aliphatic hydroxyl groups is 1. The van der Waals surface area contributed by atoms with Gasteiger partial charge in [-0.3, -0.25) is 4.90 Å². The van der Waals surface area contributed by atoms with Crippen LogP contribution in [-0.2, 0) is 6.42 Å². The van der Waals surface area contributed by atoms with Crippen LogP contribution in [0, 0.1) is 0 Å². The quantitative estimate of drug-likeness (QED) is 0.707. The summed E-state index contributed by atoms with van der Waals surface area (Å²) in [5.41, 5.74) is 0. The van der Waals surface area contributed by atoms with E-state index in [-0.39, 0.29) is 6.61 Å². The number of anilines is 1. The van der Waals surface area contributed by atoms with Crippen LogP contribution in [0.4, 0.5) is 5.95 Å². The highest BCUT2D eigenvalue weighted by molar-refractivity contribution is 5.20. The monoisotopic (exact) mass is 282 g/mol. The number of nitrogens with one attached hydrogen (secondary N) is 1. The van der Waals surface area contributed by atoms with E-state index in [1.165, 1.54) is 12.8 Å². The van der Waals surface area contributed by atoms with Gasteiger partial charge < -0.3 is 14.9 Å². The summed E-state index contributed by atoms with van der Waals surface area (Å²) in [6.07, 6.45) is 6.47. The minimum absolute atomic E-state index is 0.276. The summed E-state index contributed by atoms with van der Waals surface area (Å²) in [6, 6.07) is 0.352. The molecule has 1 fully saturated rings. The fourth-order valence-corrected chi connectivity index (χ4v) is 2.69. The Labute approximate surface area is 120 Å². The SMILES string of the molecule is CCCc1nc(NCCCN2CCCC[C@H]2CO)no1. The molecule has 6 heteroatoms. The van der Waals surface area contributed by atoms with Gasteiger partial charge in [0.1, 0.15) is 0 Å². The molecule has 6 nitrogen and oxygen atoms in total.